The van der Waals surface area contributed by atoms with Crippen molar-refractivity contribution >= 4 is 129 Å². The van der Waals surface area contributed by atoms with E-state index in [0.29, 0.717) is 23.7 Å². The maximum Gasteiger partial charge on any atom is 0.188 e. The van der Waals surface area contributed by atoms with Gasteiger partial charge in [0.15, 0.2) is 20.5 Å². The van der Waals surface area contributed by atoms with Gasteiger partial charge >= 0.3 is 0 Å². The maximum atomic E-state index is 9.62. The van der Waals surface area contributed by atoms with Crippen LogP contribution < -0.4 is 21.3 Å². The van der Waals surface area contributed by atoms with E-state index in [2.05, 4.69) is 246 Å². The van der Waals surface area contributed by atoms with Crippen molar-refractivity contribution in [3.63, 3.8) is 0 Å². The standard InChI is InChI=1S/2C21H23N5OS.2C21H23N5S.2CH4O/c2*1-3-14(4-2)20(26-13-22-12-23-26)15-5-7-16(8-6-15)24-21-25-18-10-9-17(27)11-19(18)28-21;2*1-3-15(4-2)20(26-14-22-13-23-26)16-9-11-17(12-10-16)24-21-25-18-7-5-6-8-19(18)27-21;2*1-2/h2*5-14,20,27H,3-4H2,1-2H3,(H,24,25);2*5-15,20H,3-4H2,1-2H3,(H,24,25);2*2H,1H3. The van der Waals surface area contributed by atoms with Gasteiger partial charge in [-0.3, -0.25) is 0 Å². The SMILES string of the molecule is CCC(CC)C(c1ccc(Nc2nc3ccc(O)cc3s2)cc1)n1cncn1.CCC(CC)C(c1ccc(Nc2nc3ccc(O)cc3s2)cc1)n1cncn1.CCC(CC)C(c1ccc(Nc2nc3ccccc3s2)cc1)n1cncn1.CCC(CC)C(c1ccc(Nc2nc3ccccc3s2)cc1)n1cncn1.CO.CO. The van der Waals surface area contributed by atoms with E-state index >= 15 is 0 Å². The van der Waals surface area contributed by atoms with Crippen LogP contribution in [0.25, 0.3) is 40.9 Å². The number of thiazole rings is 4. The predicted octanol–water partition coefficient (Wildman–Crippen LogP) is 21.3. The van der Waals surface area contributed by atoms with E-state index < -0.39 is 0 Å². The molecule has 0 radical (unpaired) electrons. The minimum atomic E-state index is 0.178. The van der Waals surface area contributed by atoms with E-state index in [1.165, 1.54) is 54.3 Å². The van der Waals surface area contributed by atoms with Crippen LogP contribution in [-0.4, -0.2) is 114 Å². The molecule has 8 aromatic carbocycles. The van der Waals surface area contributed by atoms with Crippen molar-refractivity contribution in [2.24, 2.45) is 23.7 Å². The summed E-state index contributed by atoms with van der Waals surface area (Å²) in [5.74, 6) is 2.56. The fourth-order valence-electron chi connectivity index (χ4n) is 14.3. The maximum absolute atomic E-state index is 9.62. The van der Waals surface area contributed by atoms with Gasteiger partial charge in [-0.25, -0.2) is 58.6 Å². The number of nitrogens with one attached hydrogen (secondary N) is 4. The van der Waals surface area contributed by atoms with Gasteiger partial charge in [-0.2, -0.15) is 20.4 Å². The molecular weight excluding hydrogens is 1510 g/mol. The summed E-state index contributed by atoms with van der Waals surface area (Å²) in [7, 11) is 2.00. The number of anilines is 8. The molecule has 8 aromatic heterocycles. The molecule has 0 fully saturated rings. The summed E-state index contributed by atoms with van der Waals surface area (Å²) in [4.78, 5) is 35.0. The van der Waals surface area contributed by atoms with Crippen LogP contribution in [0.15, 0.2) is 233 Å². The van der Waals surface area contributed by atoms with E-state index in [-0.39, 0.29) is 35.7 Å². The highest BCUT2D eigenvalue weighted by Gasteiger charge is 2.27. The number of aromatic nitrogens is 16. The summed E-state index contributed by atoms with van der Waals surface area (Å²) in [5.41, 5.74) is 12.8. The summed E-state index contributed by atoms with van der Waals surface area (Å²) in [6.45, 7) is 17.8. The Balaban J connectivity index is 0.000000148. The number of aromatic hydroxyl groups is 2. The van der Waals surface area contributed by atoms with Crippen LogP contribution in [0.5, 0.6) is 11.5 Å². The molecular formula is C86H100N20O4S4. The number of nitrogens with zero attached hydrogens (tertiary/aromatic N) is 16. The summed E-state index contributed by atoms with van der Waals surface area (Å²) >= 11 is 6.38. The molecule has 4 unspecified atom stereocenters. The summed E-state index contributed by atoms with van der Waals surface area (Å²) < 4.78 is 12.2. The second kappa shape index (κ2) is 41.9. The van der Waals surface area contributed by atoms with Crippen LogP contribution >= 0.6 is 45.3 Å². The van der Waals surface area contributed by atoms with Gasteiger partial charge in [-0.15, -0.1) is 0 Å². The van der Waals surface area contributed by atoms with Gasteiger partial charge in [-0.1, -0.05) is 225 Å². The first-order valence-corrected chi connectivity index (χ1v) is 41.8. The monoisotopic (exact) mass is 1600 g/mol. The Bertz CT molecular complexity index is 5010. The van der Waals surface area contributed by atoms with Crippen molar-refractivity contribution < 1.29 is 20.4 Å². The fourth-order valence-corrected chi connectivity index (χ4v) is 17.9. The average molecular weight is 1610 g/mol. The number of aliphatic hydroxyl groups is 2. The number of fused-ring (bicyclic) bond motifs is 4. The topological polar surface area (TPSA) is 303 Å². The molecule has 0 aliphatic heterocycles. The van der Waals surface area contributed by atoms with E-state index in [1.54, 1.807) is 84.9 Å². The van der Waals surface area contributed by atoms with Gasteiger partial charge in [0.2, 0.25) is 0 Å². The zero-order valence-corrected chi connectivity index (χ0v) is 69.1. The van der Waals surface area contributed by atoms with Crippen LogP contribution in [0.1, 0.15) is 153 Å². The van der Waals surface area contributed by atoms with Gasteiger partial charge in [0.05, 0.1) is 65.0 Å². The molecule has 0 bridgehead atoms. The highest BCUT2D eigenvalue weighted by molar-refractivity contribution is 7.23. The third-order valence-electron chi connectivity index (χ3n) is 20.2. The number of para-hydroxylation sites is 2. The lowest BCUT2D eigenvalue weighted by Gasteiger charge is -2.26. The minimum Gasteiger partial charge on any atom is -0.508 e. The fraction of sp³-hybridized carbons (Fsp3) is 0.302. The van der Waals surface area contributed by atoms with Crippen LogP contribution in [0.4, 0.5) is 43.3 Å². The molecule has 0 saturated heterocycles. The minimum absolute atomic E-state index is 0.178. The van der Waals surface area contributed by atoms with Crippen molar-refractivity contribution in [3.05, 3.63) is 255 Å². The molecule has 8 heterocycles. The van der Waals surface area contributed by atoms with Crippen LogP contribution in [0.2, 0.25) is 0 Å². The van der Waals surface area contributed by atoms with Gasteiger partial charge in [0, 0.05) is 37.0 Å². The summed E-state index contributed by atoms with van der Waals surface area (Å²) in [5, 5.41) is 67.9. The van der Waals surface area contributed by atoms with Gasteiger partial charge in [-0.05, 0) is 155 Å². The molecule has 8 N–H and O–H groups in total. The molecule has 24 nitrogen and oxygen atoms in total. The second-order valence-electron chi connectivity index (χ2n) is 26.9. The number of benzene rings is 8. The zero-order chi connectivity index (χ0) is 80.3. The molecule has 0 spiro atoms. The lowest BCUT2D eigenvalue weighted by atomic mass is 9.89. The van der Waals surface area contributed by atoms with Gasteiger partial charge < -0.3 is 41.7 Å². The Kier molecular flexibility index (Phi) is 30.7. The van der Waals surface area contributed by atoms with Gasteiger partial charge in [0.1, 0.15) is 62.1 Å². The average Bonchev–Trinajstić information content (AvgIpc) is 1.61. The third-order valence-corrected chi connectivity index (χ3v) is 24.0. The first-order chi connectivity index (χ1) is 55.9. The van der Waals surface area contributed by atoms with Gasteiger partial charge in [0.25, 0.3) is 0 Å². The van der Waals surface area contributed by atoms with E-state index in [9.17, 15) is 10.2 Å². The molecule has 4 atom stereocenters. The van der Waals surface area contributed by atoms with E-state index in [1.807, 2.05) is 79.9 Å². The first-order valence-electron chi connectivity index (χ1n) is 38.6. The molecule has 0 aliphatic carbocycles. The largest absolute Gasteiger partial charge is 0.508 e. The number of phenols is 2. The third kappa shape index (κ3) is 21.3. The highest BCUT2D eigenvalue weighted by Crippen LogP contribution is 2.39. The molecule has 114 heavy (non-hydrogen) atoms. The smallest absolute Gasteiger partial charge is 0.188 e. The second-order valence-corrected chi connectivity index (χ2v) is 31.0. The van der Waals surface area contributed by atoms with E-state index in [4.69, 9.17) is 10.2 Å². The molecule has 16 aromatic rings. The predicted molar refractivity (Wildman–Crippen MR) is 466 cm³/mol. The molecule has 592 valence electrons. The Morgan fingerprint density at radius 2 is 0.518 bits per heavy atom. The van der Waals surface area contributed by atoms with Crippen molar-refractivity contribution in [3.8, 4) is 11.5 Å². The first kappa shape index (κ1) is 83.5. The Morgan fingerprint density at radius 3 is 0.737 bits per heavy atom. The number of aliphatic hydroxyl groups excluding tert-OH is 2. The Morgan fingerprint density at radius 1 is 0.289 bits per heavy atom. The highest BCUT2D eigenvalue weighted by atomic mass is 32.1. The van der Waals surface area contributed by atoms with Crippen molar-refractivity contribution in [1.29, 1.82) is 0 Å². The zero-order valence-electron chi connectivity index (χ0n) is 65.8. The van der Waals surface area contributed by atoms with E-state index in [0.717, 1.165) is 140 Å². The lowest BCUT2D eigenvalue weighted by molar-refractivity contribution is 0.332. The molecule has 0 amide bonds. The van der Waals surface area contributed by atoms with Crippen molar-refractivity contribution in [1.82, 2.24) is 79.0 Å². The molecule has 16 rings (SSSR count). The number of phenolic OH excluding ortho intramolecular Hbond substituents is 2. The van der Waals surface area contributed by atoms with Crippen molar-refractivity contribution in [2.75, 3.05) is 35.5 Å². The van der Waals surface area contributed by atoms with Crippen LogP contribution in [0.3, 0.4) is 0 Å². The quantitative estimate of drug-likeness (QED) is 0.0226. The molecule has 0 saturated carbocycles. The molecule has 28 heteroatoms. The van der Waals surface area contributed by atoms with Crippen LogP contribution in [-0.2, 0) is 0 Å². The lowest BCUT2D eigenvalue weighted by Crippen LogP contribution is -2.20. The Hall–Kier alpha value is -11.4. The summed E-state index contributed by atoms with van der Waals surface area (Å²) in [6, 6.07) is 61.7. The Labute approximate surface area is 680 Å². The van der Waals surface area contributed by atoms with Crippen LogP contribution in [0, 0.1) is 23.7 Å². The number of hydrogen-bond acceptors (Lipinski definition) is 24. The number of hydrogen-bond donors (Lipinski definition) is 8. The molecule has 0 aliphatic rings. The normalized spacial score (nSPS) is 12.2. The van der Waals surface area contributed by atoms with Crippen molar-refractivity contribution in [2.45, 2.75) is 131 Å². The number of rotatable bonds is 28. The summed E-state index contributed by atoms with van der Waals surface area (Å²) in [6.07, 6.45) is 22.4.